The lowest BCUT2D eigenvalue weighted by Gasteiger charge is -2.10. The number of benzene rings is 1. The summed E-state index contributed by atoms with van der Waals surface area (Å²) >= 11 is 0. The van der Waals surface area contributed by atoms with Crippen LogP contribution < -0.4 is 5.30 Å². The molecule has 0 bridgehead atoms. The van der Waals surface area contributed by atoms with Gasteiger partial charge in [0, 0.05) is 0 Å². The first kappa shape index (κ1) is 10.6. The van der Waals surface area contributed by atoms with Gasteiger partial charge in [0.25, 0.3) is 0 Å². The van der Waals surface area contributed by atoms with Crippen molar-refractivity contribution in [3.8, 4) is 0 Å². The van der Waals surface area contributed by atoms with Crippen LogP contribution in [0.25, 0.3) is 0 Å². The summed E-state index contributed by atoms with van der Waals surface area (Å²) in [5, 5.41) is 9.91. The molecule has 1 rings (SSSR count). The molecule has 72 valence electrons. The Labute approximate surface area is 79.4 Å². The third kappa shape index (κ3) is 2.75. The predicted molar refractivity (Wildman–Crippen MR) is 55.3 cm³/mol. The molecule has 1 aromatic rings. The first-order valence-corrected chi connectivity index (χ1v) is 6.26. The van der Waals surface area contributed by atoms with Crippen LogP contribution in [0.3, 0.4) is 0 Å². The quantitative estimate of drug-likeness (QED) is 0.740. The van der Waals surface area contributed by atoms with E-state index < -0.39 is 0 Å². The number of hydrogen-bond donors (Lipinski definition) is 1. The molecule has 1 aromatic carbocycles. The van der Waals surface area contributed by atoms with E-state index in [2.05, 4.69) is 13.6 Å². The largest absolute Gasteiger partial charge is 0.392 e. The minimum Gasteiger partial charge on any atom is -0.392 e. The monoisotopic (exact) mass is 200 g/mol. The van der Waals surface area contributed by atoms with E-state index in [-0.39, 0.29) is 20.3 Å². The molecule has 0 amide bonds. The number of aliphatic hydroxyl groups excluding tert-OH is 1. The predicted octanol–water partition coefficient (Wildman–Crippen LogP) is 2.07. The van der Waals surface area contributed by atoms with Gasteiger partial charge >= 0.3 is 0 Å². The number of hydrogen-bond acceptors (Lipinski definition) is 1. The fourth-order valence-corrected chi connectivity index (χ4v) is 2.22. The van der Waals surface area contributed by atoms with Gasteiger partial charge in [-0.15, -0.1) is 0 Å². The maximum atomic E-state index is 13.0. The summed E-state index contributed by atoms with van der Waals surface area (Å²) in [6, 6.07) is 4.83. The van der Waals surface area contributed by atoms with Crippen molar-refractivity contribution in [3.63, 3.8) is 0 Å². The molecule has 0 spiro atoms. The highest BCUT2D eigenvalue weighted by atomic mass is 31.1. The molecule has 1 unspecified atom stereocenters. The fourth-order valence-electron chi connectivity index (χ4n) is 1.13. The van der Waals surface area contributed by atoms with Gasteiger partial charge in [-0.1, -0.05) is 14.8 Å². The van der Waals surface area contributed by atoms with Gasteiger partial charge in [-0.05, 0) is 41.9 Å². The highest BCUT2D eigenvalue weighted by Crippen LogP contribution is 2.28. The first-order chi connectivity index (χ1) is 6.17. The maximum absolute atomic E-state index is 13.0. The standard InChI is InChI=1S/C10H14FOP/c1-3-13(2)10-5-8(7-12)4-9(11)6-10/h4-6,12H,3,7H2,1-2H3. The van der Waals surface area contributed by atoms with Crippen molar-refractivity contribution < 1.29 is 9.50 Å². The van der Waals surface area contributed by atoms with Gasteiger partial charge in [0.2, 0.25) is 0 Å². The van der Waals surface area contributed by atoms with Crippen LogP contribution in [0, 0.1) is 5.82 Å². The lowest BCUT2D eigenvalue weighted by molar-refractivity contribution is 0.281. The van der Waals surface area contributed by atoms with Crippen LogP contribution in [-0.2, 0) is 6.61 Å². The zero-order valence-corrected chi connectivity index (χ0v) is 8.81. The fraction of sp³-hybridized carbons (Fsp3) is 0.400. The minimum atomic E-state index is -0.263. The molecule has 0 fully saturated rings. The summed E-state index contributed by atoms with van der Waals surface area (Å²) < 4.78 is 13.0. The van der Waals surface area contributed by atoms with Crippen molar-refractivity contribution in [1.82, 2.24) is 0 Å². The van der Waals surface area contributed by atoms with Gasteiger partial charge in [-0.2, -0.15) is 0 Å². The van der Waals surface area contributed by atoms with Crippen molar-refractivity contribution in [1.29, 1.82) is 0 Å². The Balaban J connectivity index is 3.01. The molecule has 3 heteroatoms. The van der Waals surface area contributed by atoms with Gasteiger partial charge < -0.3 is 5.11 Å². The van der Waals surface area contributed by atoms with Crippen molar-refractivity contribution in [3.05, 3.63) is 29.6 Å². The lowest BCUT2D eigenvalue weighted by atomic mass is 10.2. The summed E-state index contributed by atoms with van der Waals surface area (Å²) in [5.41, 5.74) is 0.665. The van der Waals surface area contributed by atoms with E-state index in [1.165, 1.54) is 6.07 Å². The summed E-state index contributed by atoms with van der Waals surface area (Å²) in [6.07, 6.45) is 1.05. The van der Waals surface area contributed by atoms with E-state index in [0.717, 1.165) is 11.5 Å². The zero-order valence-electron chi connectivity index (χ0n) is 7.92. The molecule has 13 heavy (non-hydrogen) atoms. The average molecular weight is 200 g/mol. The smallest absolute Gasteiger partial charge is 0.124 e. The molecule has 0 aliphatic heterocycles. The highest BCUT2D eigenvalue weighted by molar-refractivity contribution is 7.64. The lowest BCUT2D eigenvalue weighted by Crippen LogP contribution is -2.04. The van der Waals surface area contributed by atoms with E-state index in [9.17, 15) is 4.39 Å². The second kappa shape index (κ2) is 4.69. The Hall–Kier alpha value is -0.460. The summed E-state index contributed by atoms with van der Waals surface area (Å²) in [6.45, 7) is 4.12. The molecule has 0 saturated heterocycles. The molecule has 0 radical (unpaired) electrons. The van der Waals surface area contributed by atoms with Crippen LogP contribution in [0.5, 0.6) is 0 Å². The average Bonchev–Trinajstić information content (AvgIpc) is 2.15. The summed E-state index contributed by atoms with van der Waals surface area (Å²) in [7, 11) is -0.263. The Bertz CT molecular complexity index is 288. The van der Waals surface area contributed by atoms with E-state index in [4.69, 9.17) is 5.11 Å². The van der Waals surface area contributed by atoms with Crippen LogP contribution in [0.4, 0.5) is 4.39 Å². The first-order valence-electron chi connectivity index (χ1n) is 4.28. The summed E-state index contributed by atoms with van der Waals surface area (Å²) in [5.74, 6) is -0.246. The molecule has 0 aliphatic rings. The number of rotatable bonds is 3. The van der Waals surface area contributed by atoms with Crippen molar-refractivity contribution in [2.45, 2.75) is 13.5 Å². The van der Waals surface area contributed by atoms with Crippen LogP contribution >= 0.6 is 7.92 Å². The Morgan fingerprint density at radius 2 is 2.08 bits per heavy atom. The van der Waals surface area contributed by atoms with Gasteiger partial charge in [-0.3, -0.25) is 0 Å². The molecule has 1 N–H and O–H groups in total. The van der Waals surface area contributed by atoms with E-state index in [1.807, 2.05) is 6.07 Å². The number of aliphatic hydroxyl groups is 1. The number of halogens is 1. The van der Waals surface area contributed by atoms with Gasteiger partial charge in [0.15, 0.2) is 0 Å². The van der Waals surface area contributed by atoms with Crippen LogP contribution in [0.2, 0.25) is 0 Å². The zero-order chi connectivity index (χ0) is 9.84. The summed E-state index contributed by atoms with van der Waals surface area (Å²) in [4.78, 5) is 0. The van der Waals surface area contributed by atoms with E-state index in [0.29, 0.717) is 5.56 Å². The SMILES string of the molecule is CCP(C)c1cc(F)cc(CO)c1. The van der Waals surface area contributed by atoms with E-state index in [1.54, 1.807) is 6.07 Å². The molecular weight excluding hydrogens is 186 g/mol. The van der Waals surface area contributed by atoms with Crippen LogP contribution in [0.15, 0.2) is 18.2 Å². The van der Waals surface area contributed by atoms with E-state index >= 15 is 0 Å². The molecule has 0 heterocycles. The highest BCUT2D eigenvalue weighted by Gasteiger charge is 2.05. The van der Waals surface area contributed by atoms with Crippen molar-refractivity contribution >= 4 is 13.2 Å². The van der Waals surface area contributed by atoms with Crippen LogP contribution in [0.1, 0.15) is 12.5 Å². The minimum absolute atomic E-state index is 0.0857. The maximum Gasteiger partial charge on any atom is 0.124 e. The van der Waals surface area contributed by atoms with Crippen molar-refractivity contribution in [2.75, 3.05) is 12.8 Å². The van der Waals surface area contributed by atoms with Crippen LogP contribution in [-0.4, -0.2) is 17.9 Å². The molecular formula is C10H14FOP. The normalized spacial score (nSPS) is 12.9. The third-order valence-electron chi connectivity index (χ3n) is 2.04. The third-order valence-corrected chi connectivity index (χ3v) is 4.13. The Kier molecular flexibility index (Phi) is 3.83. The second-order valence-electron chi connectivity index (χ2n) is 2.99. The van der Waals surface area contributed by atoms with Gasteiger partial charge in [0.05, 0.1) is 6.61 Å². The molecule has 0 aliphatic carbocycles. The molecule has 1 nitrogen and oxygen atoms in total. The van der Waals surface area contributed by atoms with Gasteiger partial charge in [0.1, 0.15) is 5.82 Å². The molecule has 0 saturated carbocycles. The molecule has 0 aromatic heterocycles. The second-order valence-corrected chi connectivity index (χ2v) is 5.53. The topological polar surface area (TPSA) is 20.2 Å². The molecule has 1 atom stereocenters. The Morgan fingerprint density at radius 1 is 1.38 bits per heavy atom. The van der Waals surface area contributed by atoms with Gasteiger partial charge in [-0.25, -0.2) is 4.39 Å². The van der Waals surface area contributed by atoms with Crippen molar-refractivity contribution in [2.24, 2.45) is 0 Å². The Morgan fingerprint density at radius 3 is 2.62 bits per heavy atom.